The Kier molecular flexibility index (Phi) is 7.00. The number of piperidine rings is 2. The first-order valence-electron chi connectivity index (χ1n) is 11.5. The minimum absolute atomic E-state index is 0.114. The number of carbonyl (C=O) groups excluding carboxylic acids is 2. The number of hydrogen-bond acceptors (Lipinski definition) is 2. The van der Waals surface area contributed by atoms with Crippen molar-refractivity contribution >= 4 is 11.8 Å². The largest absolute Gasteiger partial charge is 0.342 e. The molecule has 0 N–H and O–H groups in total. The lowest BCUT2D eigenvalue weighted by atomic mass is 9.89. The number of benzene rings is 2. The van der Waals surface area contributed by atoms with E-state index in [1.807, 2.05) is 11.0 Å². The van der Waals surface area contributed by atoms with Crippen molar-refractivity contribution < 1.29 is 14.0 Å². The maximum atomic E-state index is 13.2. The molecule has 0 spiro atoms. The molecule has 0 radical (unpaired) electrons. The molecule has 4 nitrogen and oxygen atoms in total. The average molecular weight is 423 g/mol. The lowest BCUT2D eigenvalue weighted by Gasteiger charge is -2.38. The Balaban J connectivity index is 1.26. The van der Waals surface area contributed by atoms with E-state index in [0.29, 0.717) is 24.6 Å². The first kappa shape index (κ1) is 21.5. The van der Waals surface area contributed by atoms with Crippen molar-refractivity contribution in [2.24, 2.45) is 11.8 Å². The zero-order valence-corrected chi connectivity index (χ0v) is 18.0. The van der Waals surface area contributed by atoms with Crippen LogP contribution in [0.1, 0.15) is 48.0 Å². The average Bonchev–Trinajstić information content (AvgIpc) is 2.83. The van der Waals surface area contributed by atoms with Gasteiger partial charge in [-0.1, -0.05) is 30.3 Å². The van der Waals surface area contributed by atoms with E-state index in [2.05, 4.69) is 24.3 Å². The van der Waals surface area contributed by atoms with Gasteiger partial charge >= 0.3 is 0 Å². The fourth-order valence-corrected chi connectivity index (χ4v) is 4.85. The molecule has 0 aliphatic carbocycles. The summed E-state index contributed by atoms with van der Waals surface area (Å²) in [5.41, 5.74) is 1.86. The molecule has 164 valence electrons. The molecule has 2 amide bonds. The molecule has 2 aliphatic rings. The van der Waals surface area contributed by atoms with E-state index in [9.17, 15) is 14.0 Å². The second-order valence-electron chi connectivity index (χ2n) is 8.89. The van der Waals surface area contributed by atoms with Crippen LogP contribution >= 0.6 is 0 Å². The molecule has 1 atom stereocenters. The molecule has 2 heterocycles. The van der Waals surface area contributed by atoms with Crippen LogP contribution in [-0.2, 0) is 11.2 Å². The molecule has 2 aromatic carbocycles. The number of likely N-dealkylation sites (tertiary alicyclic amines) is 2. The molecule has 4 rings (SSSR count). The lowest BCUT2D eigenvalue weighted by Crippen LogP contribution is -2.48. The van der Waals surface area contributed by atoms with Crippen LogP contribution in [0.15, 0.2) is 54.6 Å². The summed E-state index contributed by atoms with van der Waals surface area (Å²) in [7, 11) is 0. The standard InChI is InChI=1S/C26H31FN2O2/c27-24-12-10-22(11-13-24)25(30)29-16-4-7-23(19-29)26(31)28-17-14-21(15-18-28)9-8-20-5-2-1-3-6-20/h1-3,5-6,10-13,21,23H,4,7-9,14-19H2. The predicted molar refractivity (Wildman–Crippen MR) is 119 cm³/mol. The van der Waals surface area contributed by atoms with Crippen LogP contribution in [0.2, 0.25) is 0 Å². The minimum Gasteiger partial charge on any atom is -0.342 e. The Bertz CT molecular complexity index is 876. The normalized spacial score (nSPS) is 20.0. The summed E-state index contributed by atoms with van der Waals surface area (Å²) < 4.78 is 13.2. The third-order valence-corrected chi connectivity index (χ3v) is 6.76. The molecule has 2 aromatic rings. The molecular weight excluding hydrogens is 391 g/mol. The van der Waals surface area contributed by atoms with Crippen molar-refractivity contribution in [3.8, 4) is 0 Å². The molecule has 31 heavy (non-hydrogen) atoms. The van der Waals surface area contributed by atoms with E-state index in [4.69, 9.17) is 0 Å². The van der Waals surface area contributed by atoms with Gasteiger partial charge in [-0.3, -0.25) is 9.59 Å². The van der Waals surface area contributed by atoms with Gasteiger partial charge in [0.1, 0.15) is 5.82 Å². The fraction of sp³-hybridized carbons (Fsp3) is 0.462. The van der Waals surface area contributed by atoms with Crippen LogP contribution in [0.4, 0.5) is 4.39 Å². The molecular formula is C26H31FN2O2. The number of carbonyl (C=O) groups is 2. The summed E-state index contributed by atoms with van der Waals surface area (Å²) >= 11 is 0. The Labute approximate surface area is 184 Å². The first-order valence-corrected chi connectivity index (χ1v) is 11.5. The highest BCUT2D eigenvalue weighted by molar-refractivity contribution is 5.94. The number of amides is 2. The van der Waals surface area contributed by atoms with Gasteiger partial charge in [-0.2, -0.15) is 0 Å². The highest BCUT2D eigenvalue weighted by Gasteiger charge is 2.33. The summed E-state index contributed by atoms with van der Waals surface area (Å²) in [5.74, 6) is 0.275. The van der Waals surface area contributed by atoms with Gasteiger partial charge in [0.05, 0.1) is 5.92 Å². The van der Waals surface area contributed by atoms with E-state index in [-0.39, 0.29) is 23.5 Å². The van der Waals surface area contributed by atoms with Gasteiger partial charge in [-0.25, -0.2) is 4.39 Å². The summed E-state index contributed by atoms with van der Waals surface area (Å²) in [6, 6.07) is 16.2. The molecule has 1 unspecified atom stereocenters. The van der Waals surface area contributed by atoms with Crippen molar-refractivity contribution in [3.63, 3.8) is 0 Å². The van der Waals surface area contributed by atoms with Crippen molar-refractivity contribution in [1.29, 1.82) is 0 Å². The van der Waals surface area contributed by atoms with Crippen molar-refractivity contribution in [2.75, 3.05) is 26.2 Å². The molecule has 2 fully saturated rings. The smallest absolute Gasteiger partial charge is 0.253 e. The quantitative estimate of drug-likeness (QED) is 0.709. The summed E-state index contributed by atoms with van der Waals surface area (Å²) in [6.07, 6.45) is 6.06. The fourth-order valence-electron chi connectivity index (χ4n) is 4.85. The number of nitrogens with zero attached hydrogens (tertiary/aromatic N) is 2. The van der Waals surface area contributed by atoms with Crippen molar-refractivity contribution in [3.05, 3.63) is 71.5 Å². The third-order valence-electron chi connectivity index (χ3n) is 6.76. The Morgan fingerprint density at radius 2 is 1.58 bits per heavy atom. The van der Waals surface area contributed by atoms with Gasteiger partial charge in [-0.15, -0.1) is 0 Å². The minimum atomic E-state index is -0.351. The second kappa shape index (κ2) is 10.1. The zero-order valence-electron chi connectivity index (χ0n) is 18.0. The summed E-state index contributed by atoms with van der Waals surface area (Å²) in [5, 5.41) is 0. The Morgan fingerprint density at radius 3 is 2.29 bits per heavy atom. The number of aryl methyl sites for hydroxylation is 1. The van der Waals surface area contributed by atoms with E-state index in [0.717, 1.165) is 45.2 Å². The first-order chi connectivity index (χ1) is 15.1. The number of halogens is 1. The van der Waals surface area contributed by atoms with Crippen molar-refractivity contribution in [2.45, 2.75) is 38.5 Å². The molecule has 0 aromatic heterocycles. The number of hydrogen-bond donors (Lipinski definition) is 0. The highest BCUT2D eigenvalue weighted by Crippen LogP contribution is 2.26. The van der Waals surface area contributed by atoms with Gasteiger partial charge in [0, 0.05) is 31.7 Å². The monoisotopic (exact) mass is 422 g/mol. The third kappa shape index (κ3) is 5.52. The van der Waals surface area contributed by atoms with Gasteiger partial charge < -0.3 is 9.80 Å². The maximum absolute atomic E-state index is 13.2. The van der Waals surface area contributed by atoms with Crippen LogP contribution in [0.3, 0.4) is 0 Å². The maximum Gasteiger partial charge on any atom is 0.253 e. The molecule has 0 bridgehead atoms. The predicted octanol–water partition coefficient (Wildman–Crippen LogP) is 4.55. The second-order valence-corrected chi connectivity index (χ2v) is 8.89. The molecule has 2 aliphatic heterocycles. The van der Waals surface area contributed by atoms with Gasteiger partial charge in [0.2, 0.25) is 5.91 Å². The Hall–Kier alpha value is -2.69. The van der Waals surface area contributed by atoms with Gasteiger partial charge in [-0.05, 0) is 74.3 Å². The zero-order chi connectivity index (χ0) is 21.6. The van der Waals surface area contributed by atoms with E-state index in [1.54, 1.807) is 4.90 Å². The van der Waals surface area contributed by atoms with Crippen LogP contribution in [0.25, 0.3) is 0 Å². The molecule has 0 saturated carbocycles. The van der Waals surface area contributed by atoms with Crippen LogP contribution in [0.5, 0.6) is 0 Å². The van der Waals surface area contributed by atoms with Gasteiger partial charge in [0.15, 0.2) is 0 Å². The van der Waals surface area contributed by atoms with E-state index < -0.39 is 0 Å². The van der Waals surface area contributed by atoms with Crippen molar-refractivity contribution in [1.82, 2.24) is 9.80 Å². The van der Waals surface area contributed by atoms with E-state index >= 15 is 0 Å². The van der Waals surface area contributed by atoms with Crippen LogP contribution in [0, 0.1) is 17.7 Å². The van der Waals surface area contributed by atoms with Gasteiger partial charge in [0.25, 0.3) is 5.91 Å². The summed E-state index contributed by atoms with van der Waals surface area (Å²) in [4.78, 5) is 29.7. The summed E-state index contributed by atoms with van der Waals surface area (Å²) in [6.45, 7) is 2.76. The van der Waals surface area contributed by atoms with Crippen LogP contribution < -0.4 is 0 Å². The number of rotatable bonds is 5. The Morgan fingerprint density at radius 1 is 0.871 bits per heavy atom. The van der Waals surface area contributed by atoms with E-state index in [1.165, 1.54) is 36.2 Å². The highest BCUT2D eigenvalue weighted by atomic mass is 19.1. The molecule has 5 heteroatoms. The molecule has 2 saturated heterocycles. The topological polar surface area (TPSA) is 40.6 Å². The lowest BCUT2D eigenvalue weighted by molar-refractivity contribution is -0.138. The van der Waals surface area contributed by atoms with Crippen LogP contribution in [-0.4, -0.2) is 47.8 Å². The SMILES string of the molecule is O=C(c1ccc(F)cc1)N1CCCC(C(=O)N2CCC(CCc3ccccc3)CC2)C1.